The van der Waals surface area contributed by atoms with E-state index in [1.165, 1.54) is 10.9 Å². The Bertz CT molecular complexity index is 610. The van der Waals surface area contributed by atoms with Crippen LogP contribution in [-0.4, -0.2) is 9.55 Å². The van der Waals surface area contributed by atoms with Crippen LogP contribution in [0.4, 0.5) is 0 Å². The summed E-state index contributed by atoms with van der Waals surface area (Å²) in [5, 5.41) is 0.673. The quantitative estimate of drug-likeness (QED) is 0.870. The zero-order valence-electron chi connectivity index (χ0n) is 9.56. The number of nitrogens with zero attached hydrogens (tertiary/aromatic N) is 2. The summed E-state index contributed by atoms with van der Waals surface area (Å²) in [5.41, 5.74) is 0.768. The van der Waals surface area contributed by atoms with Crippen molar-refractivity contribution in [1.29, 1.82) is 0 Å². The number of halogens is 2. The average molecular weight is 330 g/mol. The molecule has 18 heavy (non-hydrogen) atoms. The summed E-state index contributed by atoms with van der Waals surface area (Å²) in [6.45, 7) is 0.329. The van der Waals surface area contributed by atoms with Crippen molar-refractivity contribution < 1.29 is 4.74 Å². The van der Waals surface area contributed by atoms with E-state index in [0.29, 0.717) is 16.1 Å². The minimum Gasteiger partial charge on any atom is -0.472 e. The number of ether oxygens (including phenoxy) is 1. The normalized spacial score (nSPS) is 10.4. The van der Waals surface area contributed by atoms with Gasteiger partial charge in [0, 0.05) is 12.1 Å². The third-order valence-corrected chi connectivity index (χ3v) is 3.26. The minimum atomic E-state index is -0.184. The molecular formula is C12H10BrClN2O2. The highest BCUT2D eigenvalue weighted by atomic mass is 79.9. The van der Waals surface area contributed by atoms with Gasteiger partial charge < -0.3 is 9.30 Å². The van der Waals surface area contributed by atoms with Gasteiger partial charge in [-0.25, -0.2) is 4.98 Å². The number of rotatable bonds is 3. The molecule has 0 unspecified atom stereocenters. The number of hydrogen-bond donors (Lipinski definition) is 0. The molecule has 1 aromatic heterocycles. The molecule has 2 rings (SSSR count). The van der Waals surface area contributed by atoms with Crippen LogP contribution < -0.4 is 10.3 Å². The molecule has 6 heteroatoms. The Morgan fingerprint density at radius 3 is 2.72 bits per heavy atom. The van der Waals surface area contributed by atoms with Gasteiger partial charge in [-0.15, -0.1) is 0 Å². The van der Waals surface area contributed by atoms with Crippen molar-refractivity contribution in [3.8, 4) is 5.88 Å². The van der Waals surface area contributed by atoms with Gasteiger partial charge in [0.2, 0.25) is 5.88 Å². The van der Waals surface area contributed by atoms with E-state index in [9.17, 15) is 4.79 Å². The van der Waals surface area contributed by atoms with Gasteiger partial charge in [-0.3, -0.25) is 4.79 Å². The number of hydrogen-bond acceptors (Lipinski definition) is 3. The number of benzene rings is 1. The lowest BCUT2D eigenvalue weighted by Gasteiger charge is -2.07. The van der Waals surface area contributed by atoms with Crippen molar-refractivity contribution in [2.75, 3.05) is 0 Å². The lowest BCUT2D eigenvalue weighted by Crippen LogP contribution is -2.18. The van der Waals surface area contributed by atoms with E-state index in [0.717, 1.165) is 5.56 Å². The molecule has 0 saturated carbocycles. The molecule has 1 heterocycles. The molecule has 0 N–H and O–H groups in total. The Morgan fingerprint density at radius 2 is 2.06 bits per heavy atom. The third kappa shape index (κ3) is 2.91. The molecule has 0 saturated heterocycles. The Kier molecular flexibility index (Phi) is 4.04. The highest BCUT2D eigenvalue weighted by Gasteiger charge is 2.08. The SMILES string of the molecule is Cn1cnc(OCc2ccc(Cl)cc2)c(Br)c1=O. The summed E-state index contributed by atoms with van der Waals surface area (Å²) in [7, 11) is 1.63. The first-order valence-corrected chi connectivity index (χ1v) is 6.33. The zero-order chi connectivity index (χ0) is 13.1. The van der Waals surface area contributed by atoms with Crippen molar-refractivity contribution >= 4 is 27.5 Å². The molecule has 0 aliphatic heterocycles. The molecule has 0 aliphatic carbocycles. The number of aromatic nitrogens is 2. The van der Waals surface area contributed by atoms with E-state index in [4.69, 9.17) is 16.3 Å². The van der Waals surface area contributed by atoms with Crippen LogP contribution >= 0.6 is 27.5 Å². The molecule has 0 aliphatic rings. The van der Waals surface area contributed by atoms with Crippen LogP contribution in [0.1, 0.15) is 5.56 Å². The van der Waals surface area contributed by atoms with E-state index < -0.39 is 0 Å². The monoisotopic (exact) mass is 328 g/mol. The maximum atomic E-state index is 11.6. The van der Waals surface area contributed by atoms with Gasteiger partial charge in [-0.1, -0.05) is 23.7 Å². The lowest BCUT2D eigenvalue weighted by atomic mass is 10.2. The second-order valence-electron chi connectivity index (χ2n) is 3.69. The minimum absolute atomic E-state index is 0.184. The van der Waals surface area contributed by atoms with Crippen molar-refractivity contribution in [3.05, 3.63) is 56.0 Å². The molecule has 94 valence electrons. The highest BCUT2D eigenvalue weighted by molar-refractivity contribution is 9.10. The fourth-order valence-electron chi connectivity index (χ4n) is 1.33. The van der Waals surface area contributed by atoms with Crippen LogP contribution in [0, 0.1) is 0 Å². The predicted octanol–water partition coefficient (Wildman–Crippen LogP) is 2.78. The van der Waals surface area contributed by atoms with E-state index in [1.54, 1.807) is 19.2 Å². The summed E-state index contributed by atoms with van der Waals surface area (Å²) in [6.07, 6.45) is 1.42. The van der Waals surface area contributed by atoms with E-state index >= 15 is 0 Å². The molecule has 1 aromatic carbocycles. The van der Waals surface area contributed by atoms with Crippen LogP contribution in [0.3, 0.4) is 0 Å². The first-order chi connectivity index (χ1) is 8.58. The first kappa shape index (κ1) is 13.1. The van der Waals surface area contributed by atoms with Gasteiger partial charge in [0.1, 0.15) is 17.4 Å². The van der Waals surface area contributed by atoms with Crippen molar-refractivity contribution in [2.45, 2.75) is 6.61 Å². The Labute approximate surface area is 117 Å². The second kappa shape index (κ2) is 5.54. The maximum Gasteiger partial charge on any atom is 0.271 e. The van der Waals surface area contributed by atoms with Crippen molar-refractivity contribution in [2.24, 2.45) is 7.05 Å². The summed E-state index contributed by atoms with van der Waals surface area (Å²) < 4.78 is 7.18. The molecular weight excluding hydrogens is 320 g/mol. The fraction of sp³-hybridized carbons (Fsp3) is 0.167. The van der Waals surface area contributed by atoms with Crippen molar-refractivity contribution in [3.63, 3.8) is 0 Å². The van der Waals surface area contributed by atoms with Crippen LogP contribution in [0.5, 0.6) is 5.88 Å². The molecule has 2 aromatic rings. The largest absolute Gasteiger partial charge is 0.472 e. The third-order valence-electron chi connectivity index (χ3n) is 2.33. The van der Waals surface area contributed by atoms with Gasteiger partial charge in [-0.05, 0) is 33.6 Å². The van der Waals surface area contributed by atoms with Crippen LogP contribution in [0.15, 0.2) is 39.9 Å². The Balaban J connectivity index is 2.13. The van der Waals surface area contributed by atoms with E-state index in [2.05, 4.69) is 20.9 Å². The molecule has 0 bridgehead atoms. The topological polar surface area (TPSA) is 44.1 Å². The molecule has 0 atom stereocenters. The average Bonchev–Trinajstić information content (AvgIpc) is 2.37. The second-order valence-corrected chi connectivity index (χ2v) is 4.92. The van der Waals surface area contributed by atoms with Crippen LogP contribution in [0.2, 0.25) is 5.02 Å². The number of aryl methyl sites for hydroxylation is 1. The summed E-state index contributed by atoms with van der Waals surface area (Å²) in [5.74, 6) is 0.285. The maximum absolute atomic E-state index is 11.6. The van der Waals surface area contributed by atoms with Crippen molar-refractivity contribution in [1.82, 2.24) is 9.55 Å². The molecule has 0 radical (unpaired) electrons. The van der Waals surface area contributed by atoms with Gasteiger partial charge in [0.25, 0.3) is 5.56 Å². The fourth-order valence-corrected chi connectivity index (χ4v) is 1.95. The summed E-state index contributed by atoms with van der Waals surface area (Å²) in [6, 6.07) is 7.29. The predicted molar refractivity (Wildman–Crippen MR) is 73.0 cm³/mol. The van der Waals surface area contributed by atoms with Crippen LogP contribution in [-0.2, 0) is 13.7 Å². The molecule has 0 fully saturated rings. The first-order valence-electron chi connectivity index (χ1n) is 5.16. The van der Waals surface area contributed by atoms with E-state index in [-0.39, 0.29) is 11.4 Å². The molecule has 0 spiro atoms. The highest BCUT2D eigenvalue weighted by Crippen LogP contribution is 2.18. The van der Waals surface area contributed by atoms with Crippen LogP contribution in [0.25, 0.3) is 0 Å². The molecule has 4 nitrogen and oxygen atoms in total. The van der Waals surface area contributed by atoms with E-state index in [1.807, 2.05) is 12.1 Å². The van der Waals surface area contributed by atoms with Gasteiger partial charge in [0.15, 0.2) is 0 Å². The van der Waals surface area contributed by atoms with Gasteiger partial charge in [-0.2, -0.15) is 0 Å². The lowest BCUT2D eigenvalue weighted by molar-refractivity contribution is 0.289. The van der Waals surface area contributed by atoms with Gasteiger partial charge in [0.05, 0.1) is 0 Å². The summed E-state index contributed by atoms with van der Waals surface area (Å²) >= 11 is 8.96. The standard InChI is InChI=1S/C12H10BrClN2O2/c1-16-7-15-11(10(13)12(16)17)18-6-8-2-4-9(14)5-3-8/h2-5,7H,6H2,1H3. The Hall–Kier alpha value is -1.33. The summed E-state index contributed by atoms with van der Waals surface area (Å²) in [4.78, 5) is 15.7. The Morgan fingerprint density at radius 1 is 1.39 bits per heavy atom. The smallest absolute Gasteiger partial charge is 0.271 e. The molecule has 0 amide bonds. The zero-order valence-corrected chi connectivity index (χ0v) is 11.9. The van der Waals surface area contributed by atoms with Gasteiger partial charge >= 0.3 is 0 Å².